The summed E-state index contributed by atoms with van der Waals surface area (Å²) in [4.78, 5) is 49.4. The van der Waals surface area contributed by atoms with Crippen molar-refractivity contribution < 1.29 is 23.7 Å². The fraction of sp³-hybridized carbons (Fsp3) is 0.160. The van der Waals surface area contributed by atoms with Crippen molar-refractivity contribution in [3.8, 4) is 11.3 Å². The molecule has 0 saturated carbocycles. The molecule has 35 heavy (non-hydrogen) atoms. The maximum atomic E-state index is 13.1. The van der Waals surface area contributed by atoms with Crippen molar-refractivity contribution in [2.24, 2.45) is 0 Å². The minimum absolute atomic E-state index is 0.0163. The molecule has 2 aromatic carbocycles. The number of hydrogen-bond acceptors (Lipinski definition) is 6. The molecule has 4 rings (SSSR count). The molecule has 3 aromatic rings. The molecule has 1 aliphatic rings. The summed E-state index contributed by atoms with van der Waals surface area (Å²) < 4.78 is 5.69. The van der Waals surface area contributed by atoms with Gasteiger partial charge >= 0.3 is 6.03 Å². The van der Waals surface area contributed by atoms with Gasteiger partial charge in [-0.3, -0.25) is 25.0 Å². The number of amides is 4. The van der Waals surface area contributed by atoms with Crippen molar-refractivity contribution in [1.29, 1.82) is 0 Å². The van der Waals surface area contributed by atoms with E-state index in [1.54, 1.807) is 24.3 Å². The van der Waals surface area contributed by atoms with E-state index in [-0.39, 0.29) is 33.2 Å². The van der Waals surface area contributed by atoms with Gasteiger partial charge in [-0.2, -0.15) is 0 Å². The average Bonchev–Trinajstić information content (AvgIpc) is 3.25. The molecule has 2 heterocycles. The molecule has 0 aliphatic carbocycles. The van der Waals surface area contributed by atoms with Gasteiger partial charge in [-0.25, -0.2) is 9.69 Å². The highest BCUT2D eigenvalue weighted by Crippen LogP contribution is 2.32. The van der Waals surface area contributed by atoms with Gasteiger partial charge < -0.3 is 4.42 Å². The molecule has 1 aromatic heterocycles. The lowest BCUT2D eigenvalue weighted by atomic mass is 9.87. The van der Waals surface area contributed by atoms with E-state index in [2.05, 4.69) is 5.32 Å². The SMILES string of the molecule is CC(C)(C)c1ccc(N2C(=O)NC(=O)/C(=C\c3ccc(-c4ccc(Cl)c([N+](=O)[O-])c4)o3)C2=O)cc1. The van der Waals surface area contributed by atoms with Gasteiger partial charge in [0.25, 0.3) is 17.5 Å². The Morgan fingerprint density at radius 3 is 2.34 bits per heavy atom. The molecule has 1 fully saturated rings. The largest absolute Gasteiger partial charge is 0.457 e. The normalized spacial score (nSPS) is 15.5. The number of nitro groups is 1. The number of benzene rings is 2. The minimum Gasteiger partial charge on any atom is -0.457 e. The van der Waals surface area contributed by atoms with Gasteiger partial charge in [0, 0.05) is 11.6 Å². The standard InChI is InChI=1S/C25H20ClN3O6/c1-25(2,3)15-5-7-16(8-6-15)28-23(31)18(22(30)27-24(28)32)13-17-9-11-21(35-17)14-4-10-19(26)20(12-14)29(33)34/h4-13H,1-3H3,(H,27,30,32)/b18-13+. The second-order valence-corrected chi connectivity index (χ2v) is 9.29. The van der Waals surface area contributed by atoms with E-state index in [0.717, 1.165) is 10.5 Å². The third-order valence-electron chi connectivity index (χ3n) is 5.43. The van der Waals surface area contributed by atoms with Crippen molar-refractivity contribution in [1.82, 2.24) is 5.32 Å². The van der Waals surface area contributed by atoms with Crippen molar-refractivity contribution >= 4 is 46.9 Å². The van der Waals surface area contributed by atoms with Crippen LogP contribution in [0.25, 0.3) is 17.4 Å². The molecule has 4 amide bonds. The number of anilines is 1. The van der Waals surface area contributed by atoms with Crippen LogP contribution in [0.2, 0.25) is 5.02 Å². The van der Waals surface area contributed by atoms with Crippen LogP contribution in [-0.4, -0.2) is 22.8 Å². The summed E-state index contributed by atoms with van der Waals surface area (Å²) >= 11 is 5.86. The Labute approximate surface area is 205 Å². The van der Waals surface area contributed by atoms with Crippen LogP contribution in [-0.2, 0) is 15.0 Å². The van der Waals surface area contributed by atoms with Crippen LogP contribution >= 0.6 is 11.6 Å². The molecular weight excluding hydrogens is 474 g/mol. The number of rotatable bonds is 4. The lowest BCUT2D eigenvalue weighted by molar-refractivity contribution is -0.384. The van der Waals surface area contributed by atoms with Gasteiger partial charge in [-0.15, -0.1) is 0 Å². The topological polar surface area (TPSA) is 123 Å². The van der Waals surface area contributed by atoms with Crippen molar-refractivity contribution in [2.45, 2.75) is 26.2 Å². The summed E-state index contributed by atoms with van der Waals surface area (Å²) in [6, 6.07) is 13.3. The number of barbiturate groups is 1. The molecule has 0 bridgehead atoms. The van der Waals surface area contributed by atoms with E-state index >= 15 is 0 Å². The number of carbonyl (C=O) groups is 3. The first-order valence-corrected chi connectivity index (χ1v) is 10.9. The first kappa shape index (κ1) is 23.9. The first-order chi connectivity index (χ1) is 16.5. The second-order valence-electron chi connectivity index (χ2n) is 8.88. The number of nitrogens with zero attached hydrogens (tertiary/aromatic N) is 2. The minimum atomic E-state index is -0.859. The number of halogens is 1. The smallest absolute Gasteiger partial charge is 0.335 e. The van der Waals surface area contributed by atoms with E-state index < -0.39 is 22.8 Å². The zero-order valence-electron chi connectivity index (χ0n) is 19.0. The third-order valence-corrected chi connectivity index (χ3v) is 5.75. The Morgan fingerprint density at radius 1 is 1.03 bits per heavy atom. The van der Waals surface area contributed by atoms with E-state index in [4.69, 9.17) is 16.0 Å². The fourth-order valence-electron chi connectivity index (χ4n) is 3.54. The molecule has 0 atom stereocenters. The maximum absolute atomic E-state index is 13.1. The Hall–Kier alpha value is -4.24. The van der Waals surface area contributed by atoms with Gasteiger partial charge in [0.15, 0.2) is 0 Å². The Morgan fingerprint density at radius 2 is 1.71 bits per heavy atom. The van der Waals surface area contributed by atoms with Crippen molar-refractivity contribution in [2.75, 3.05) is 4.90 Å². The second kappa shape index (κ2) is 8.84. The van der Waals surface area contributed by atoms with Crippen LogP contribution in [0, 0.1) is 10.1 Å². The Kier molecular flexibility index (Phi) is 6.04. The van der Waals surface area contributed by atoms with Crippen LogP contribution < -0.4 is 10.2 Å². The van der Waals surface area contributed by atoms with E-state index in [0.29, 0.717) is 11.3 Å². The highest BCUT2D eigenvalue weighted by atomic mass is 35.5. The van der Waals surface area contributed by atoms with Gasteiger partial charge in [0.05, 0.1) is 10.6 Å². The van der Waals surface area contributed by atoms with Gasteiger partial charge in [-0.1, -0.05) is 44.5 Å². The molecule has 178 valence electrons. The average molecular weight is 494 g/mol. The third kappa shape index (κ3) is 4.71. The molecule has 0 radical (unpaired) electrons. The Balaban J connectivity index is 1.65. The number of furan rings is 1. The van der Waals surface area contributed by atoms with Crippen molar-refractivity contribution in [3.63, 3.8) is 0 Å². The molecule has 0 unspecified atom stereocenters. The van der Waals surface area contributed by atoms with Crippen LogP contribution in [0.5, 0.6) is 0 Å². The molecule has 1 aliphatic heterocycles. The molecule has 10 heteroatoms. The zero-order chi connectivity index (χ0) is 25.5. The van der Waals surface area contributed by atoms with Crippen LogP contribution in [0.3, 0.4) is 0 Å². The number of nitro benzene ring substituents is 1. The highest BCUT2D eigenvalue weighted by Gasteiger charge is 2.37. The van der Waals surface area contributed by atoms with Gasteiger partial charge in [0.2, 0.25) is 0 Å². The lowest BCUT2D eigenvalue weighted by Gasteiger charge is -2.27. The van der Waals surface area contributed by atoms with E-state index in [1.165, 1.54) is 24.3 Å². The predicted octanol–water partition coefficient (Wildman–Crippen LogP) is 5.47. The fourth-order valence-corrected chi connectivity index (χ4v) is 3.72. The molecule has 9 nitrogen and oxygen atoms in total. The molecular formula is C25H20ClN3O6. The van der Waals surface area contributed by atoms with Crippen LogP contribution in [0.15, 0.2) is 64.6 Å². The maximum Gasteiger partial charge on any atom is 0.335 e. The van der Waals surface area contributed by atoms with Crippen LogP contribution in [0.1, 0.15) is 32.1 Å². The first-order valence-electron chi connectivity index (χ1n) is 10.5. The quantitative estimate of drug-likeness (QED) is 0.222. The van der Waals surface area contributed by atoms with Gasteiger partial charge in [-0.05, 0) is 53.5 Å². The van der Waals surface area contributed by atoms with Crippen LogP contribution in [0.4, 0.5) is 16.2 Å². The molecule has 0 spiro atoms. The number of nitrogens with one attached hydrogen (secondary N) is 1. The monoisotopic (exact) mass is 493 g/mol. The summed E-state index contributed by atoms with van der Waals surface area (Å²) in [7, 11) is 0. The zero-order valence-corrected chi connectivity index (χ0v) is 19.8. The molecule has 1 N–H and O–H groups in total. The summed E-state index contributed by atoms with van der Waals surface area (Å²) in [5.41, 5.74) is 1.02. The predicted molar refractivity (Wildman–Crippen MR) is 130 cm³/mol. The van der Waals surface area contributed by atoms with E-state index in [9.17, 15) is 24.5 Å². The number of hydrogen-bond donors (Lipinski definition) is 1. The summed E-state index contributed by atoms with van der Waals surface area (Å²) in [6.07, 6.45) is 1.22. The van der Waals surface area contributed by atoms with E-state index in [1.807, 2.05) is 32.9 Å². The van der Waals surface area contributed by atoms with Crippen molar-refractivity contribution in [3.05, 3.63) is 86.6 Å². The highest BCUT2D eigenvalue weighted by molar-refractivity contribution is 6.39. The summed E-state index contributed by atoms with van der Waals surface area (Å²) in [6.45, 7) is 6.13. The lowest BCUT2D eigenvalue weighted by Crippen LogP contribution is -2.54. The number of carbonyl (C=O) groups excluding carboxylic acids is 3. The summed E-state index contributed by atoms with van der Waals surface area (Å²) in [5.74, 6) is -1.25. The van der Waals surface area contributed by atoms with Gasteiger partial charge in [0.1, 0.15) is 22.1 Å². The number of urea groups is 1. The summed E-state index contributed by atoms with van der Waals surface area (Å²) in [5, 5.41) is 13.3. The molecule has 1 saturated heterocycles. The number of imide groups is 2. The Bertz CT molecular complexity index is 1400.